The molecule has 2 aromatic heterocycles. The van der Waals surface area contributed by atoms with Crippen LogP contribution < -0.4 is 10.2 Å². The number of halogens is 1. The molecule has 2 atom stereocenters. The molecule has 6 heteroatoms. The molecule has 2 aromatic carbocycles. The van der Waals surface area contributed by atoms with Crippen LogP contribution in [0, 0.1) is 26.6 Å². The van der Waals surface area contributed by atoms with Crippen LogP contribution in [0.25, 0.3) is 5.69 Å². The van der Waals surface area contributed by atoms with Gasteiger partial charge in [-0.3, -0.25) is 4.98 Å². The Kier molecular flexibility index (Phi) is 5.46. The third-order valence-electron chi connectivity index (χ3n) is 6.29. The van der Waals surface area contributed by atoms with E-state index in [1.165, 1.54) is 11.6 Å². The Bertz CT molecular complexity index is 1310. The Morgan fingerprint density at radius 1 is 0.939 bits per heavy atom. The Balaban J connectivity index is 1.69. The number of para-hydroxylation sites is 1. The van der Waals surface area contributed by atoms with E-state index in [4.69, 9.17) is 12.2 Å². The first-order valence-electron chi connectivity index (χ1n) is 11.0. The third-order valence-corrected chi connectivity index (χ3v) is 6.61. The van der Waals surface area contributed by atoms with Crippen LogP contribution in [0.2, 0.25) is 0 Å². The van der Waals surface area contributed by atoms with Crippen LogP contribution in [0.4, 0.5) is 10.1 Å². The van der Waals surface area contributed by atoms with Crippen LogP contribution >= 0.6 is 12.2 Å². The SMILES string of the molecule is Cc1ccc(-n2c(C)cc([C@@H]3[C@H](c4ccccn4)NC(=S)N3c3ccccc3F)c2C)cc1. The normalized spacial score (nSPS) is 17.9. The van der Waals surface area contributed by atoms with Crippen molar-refractivity contribution < 1.29 is 4.39 Å². The Hall–Kier alpha value is -3.51. The highest BCUT2D eigenvalue weighted by atomic mass is 32.1. The number of anilines is 1. The zero-order valence-electron chi connectivity index (χ0n) is 18.8. The van der Waals surface area contributed by atoms with Crippen molar-refractivity contribution in [3.8, 4) is 5.69 Å². The van der Waals surface area contributed by atoms with Gasteiger partial charge < -0.3 is 14.8 Å². The predicted octanol–water partition coefficient (Wildman–Crippen LogP) is 6.11. The number of hydrogen-bond acceptors (Lipinski definition) is 2. The molecule has 0 amide bonds. The second-order valence-electron chi connectivity index (χ2n) is 8.45. The van der Waals surface area contributed by atoms with E-state index in [2.05, 4.69) is 66.0 Å². The van der Waals surface area contributed by atoms with E-state index in [-0.39, 0.29) is 17.9 Å². The molecule has 4 nitrogen and oxygen atoms in total. The second-order valence-corrected chi connectivity index (χ2v) is 8.83. The molecule has 0 spiro atoms. The van der Waals surface area contributed by atoms with E-state index >= 15 is 0 Å². The summed E-state index contributed by atoms with van der Waals surface area (Å²) in [6, 6.07) is 22.8. The second kappa shape index (κ2) is 8.45. The quantitative estimate of drug-likeness (QED) is 0.376. The summed E-state index contributed by atoms with van der Waals surface area (Å²) in [4.78, 5) is 6.49. The van der Waals surface area contributed by atoms with Gasteiger partial charge in [-0.25, -0.2) is 4.39 Å². The van der Waals surface area contributed by atoms with Crippen molar-refractivity contribution in [1.82, 2.24) is 14.9 Å². The highest BCUT2D eigenvalue weighted by Gasteiger charge is 2.43. The van der Waals surface area contributed by atoms with Crippen LogP contribution in [0.15, 0.2) is 79.0 Å². The molecule has 166 valence electrons. The van der Waals surface area contributed by atoms with E-state index in [1.807, 2.05) is 29.2 Å². The summed E-state index contributed by atoms with van der Waals surface area (Å²) in [7, 11) is 0. The molecule has 1 aliphatic rings. The number of thiocarbonyl (C=S) groups is 1. The van der Waals surface area contributed by atoms with Crippen molar-refractivity contribution in [2.45, 2.75) is 32.9 Å². The van der Waals surface area contributed by atoms with Crippen molar-refractivity contribution >= 4 is 23.0 Å². The lowest BCUT2D eigenvalue weighted by Gasteiger charge is -2.28. The summed E-state index contributed by atoms with van der Waals surface area (Å²) in [6.07, 6.45) is 1.78. The number of nitrogens with one attached hydrogen (secondary N) is 1. The van der Waals surface area contributed by atoms with E-state index in [0.29, 0.717) is 10.8 Å². The van der Waals surface area contributed by atoms with Crippen LogP contribution in [-0.2, 0) is 0 Å². The van der Waals surface area contributed by atoms with E-state index in [9.17, 15) is 4.39 Å². The van der Waals surface area contributed by atoms with Gasteiger partial charge in [0.25, 0.3) is 0 Å². The molecule has 3 heterocycles. The zero-order valence-corrected chi connectivity index (χ0v) is 19.6. The number of pyridine rings is 1. The molecular formula is C27H25FN4S. The summed E-state index contributed by atoms with van der Waals surface area (Å²) >= 11 is 5.74. The number of benzene rings is 2. The molecular weight excluding hydrogens is 431 g/mol. The van der Waals surface area contributed by atoms with E-state index in [1.54, 1.807) is 18.3 Å². The molecule has 0 aliphatic carbocycles. The van der Waals surface area contributed by atoms with Crippen molar-refractivity contribution in [3.05, 3.63) is 113 Å². The van der Waals surface area contributed by atoms with Gasteiger partial charge in [0.15, 0.2) is 5.11 Å². The lowest BCUT2D eigenvalue weighted by atomic mass is 9.96. The summed E-state index contributed by atoms with van der Waals surface area (Å²) in [6.45, 7) is 6.29. The van der Waals surface area contributed by atoms with Gasteiger partial charge >= 0.3 is 0 Å². The maximum Gasteiger partial charge on any atom is 0.174 e. The summed E-state index contributed by atoms with van der Waals surface area (Å²) in [5.74, 6) is -0.305. The predicted molar refractivity (Wildman–Crippen MR) is 134 cm³/mol. The molecule has 5 rings (SSSR count). The van der Waals surface area contributed by atoms with Gasteiger partial charge in [-0.1, -0.05) is 35.9 Å². The lowest BCUT2D eigenvalue weighted by Crippen LogP contribution is -2.30. The molecule has 0 unspecified atom stereocenters. The fourth-order valence-electron chi connectivity index (χ4n) is 4.76. The molecule has 1 saturated heterocycles. The van der Waals surface area contributed by atoms with Gasteiger partial charge in [0.2, 0.25) is 0 Å². The van der Waals surface area contributed by atoms with Crippen LogP contribution in [-0.4, -0.2) is 14.7 Å². The number of nitrogens with zero attached hydrogens (tertiary/aromatic N) is 3. The monoisotopic (exact) mass is 456 g/mol. The Labute approximate surface area is 198 Å². The van der Waals surface area contributed by atoms with Crippen molar-refractivity contribution in [1.29, 1.82) is 0 Å². The van der Waals surface area contributed by atoms with Crippen LogP contribution in [0.3, 0.4) is 0 Å². The smallest absolute Gasteiger partial charge is 0.174 e. The molecule has 1 aliphatic heterocycles. The highest BCUT2D eigenvalue weighted by molar-refractivity contribution is 7.80. The van der Waals surface area contributed by atoms with E-state index in [0.717, 1.165) is 28.3 Å². The van der Waals surface area contributed by atoms with Gasteiger partial charge in [-0.2, -0.15) is 0 Å². The van der Waals surface area contributed by atoms with Gasteiger partial charge in [-0.05, 0) is 81.0 Å². The number of rotatable bonds is 4. The van der Waals surface area contributed by atoms with Gasteiger partial charge in [0, 0.05) is 23.3 Å². The van der Waals surface area contributed by atoms with Crippen molar-refractivity contribution in [3.63, 3.8) is 0 Å². The fourth-order valence-corrected chi connectivity index (χ4v) is 5.09. The average molecular weight is 457 g/mol. The minimum Gasteiger partial charge on any atom is -0.351 e. The number of aromatic nitrogens is 2. The molecule has 0 saturated carbocycles. The summed E-state index contributed by atoms with van der Waals surface area (Å²) in [5, 5.41) is 3.90. The van der Waals surface area contributed by atoms with Crippen LogP contribution in [0.5, 0.6) is 0 Å². The minimum absolute atomic E-state index is 0.217. The molecule has 33 heavy (non-hydrogen) atoms. The van der Waals surface area contributed by atoms with E-state index < -0.39 is 0 Å². The molecule has 0 bridgehead atoms. The molecule has 1 fully saturated rings. The first-order chi connectivity index (χ1) is 16.0. The molecule has 0 radical (unpaired) electrons. The number of aryl methyl sites for hydroxylation is 2. The highest BCUT2D eigenvalue weighted by Crippen LogP contribution is 2.44. The largest absolute Gasteiger partial charge is 0.351 e. The number of hydrogen-bond donors (Lipinski definition) is 1. The first kappa shape index (κ1) is 21.3. The Morgan fingerprint density at radius 3 is 2.36 bits per heavy atom. The Morgan fingerprint density at radius 2 is 1.67 bits per heavy atom. The first-order valence-corrected chi connectivity index (χ1v) is 11.4. The maximum absolute atomic E-state index is 15.0. The maximum atomic E-state index is 15.0. The van der Waals surface area contributed by atoms with Gasteiger partial charge in [0.1, 0.15) is 5.82 Å². The third kappa shape index (κ3) is 3.70. The fraction of sp³-hybridized carbons (Fsp3) is 0.185. The molecule has 4 aromatic rings. The summed E-state index contributed by atoms with van der Waals surface area (Å²) < 4.78 is 17.2. The minimum atomic E-state index is -0.305. The summed E-state index contributed by atoms with van der Waals surface area (Å²) in [5.41, 5.74) is 6.92. The van der Waals surface area contributed by atoms with Crippen LogP contribution in [0.1, 0.15) is 40.3 Å². The lowest BCUT2D eigenvalue weighted by molar-refractivity contribution is 0.556. The zero-order chi connectivity index (χ0) is 23.1. The molecule has 1 N–H and O–H groups in total. The van der Waals surface area contributed by atoms with Crippen molar-refractivity contribution in [2.24, 2.45) is 0 Å². The van der Waals surface area contributed by atoms with Gasteiger partial charge in [0.05, 0.1) is 23.5 Å². The van der Waals surface area contributed by atoms with Crippen molar-refractivity contribution in [2.75, 3.05) is 4.90 Å². The van der Waals surface area contributed by atoms with Gasteiger partial charge in [-0.15, -0.1) is 0 Å². The topological polar surface area (TPSA) is 33.1 Å². The standard InChI is InChI=1S/C27H25FN4S/c1-17-11-13-20(14-12-17)31-18(2)16-21(19(31)3)26-25(23-9-6-7-15-29-23)30-27(33)32(26)24-10-5-4-8-22(24)28/h4-16,25-26H,1-3H3,(H,30,33)/t25-,26+/m0/s1. The average Bonchev–Trinajstić information content (AvgIpc) is 3.31.